The van der Waals surface area contributed by atoms with Crippen LogP contribution in [0.25, 0.3) is 11.3 Å². The van der Waals surface area contributed by atoms with Gasteiger partial charge in [-0.1, -0.05) is 0 Å². The summed E-state index contributed by atoms with van der Waals surface area (Å²) in [5.41, 5.74) is 2.78. The minimum Gasteiger partial charge on any atom is -0.497 e. The molecular formula is C19H18N4O3. The van der Waals surface area contributed by atoms with Gasteiger partial charge in [0.2, 0.25) is 5.88 Å². The van der Waals surface area contributed by atoms with Crippen molar-refractivity contribution in [1.82, 2.24) is 20.3 Å². The maximum Gasteiger partial charge on any atom is 0.257 e. The molecule has 1 aromatic carbocycles. The van der Waals surface area contributed by atoms with Crippen LogP contribution in [0, 0.1) is 0 Å². The van der Waals surface area contributed by atoms with Crippen LogP contribution in [0.1, 0.15) is 16.1 Å². The molecule has 0 atom stereocenters. The monoisotopic (exact) mass is 350 g/mol. The minimum atomic E-state index is -0.278. The van der Waals surface area contributed by atoms with Gasteiger partial charge >= 0.3 is 0 Å². The van der Waals surface area contributed by atoms with Crippen LogP contribution in [-0.2, 0) is 6.54 Å². The molecule has 7 heteroatoms. The fourth-order valence-electron chi connectivity index (χ4n) is 2.41. The van der Waals surface area contributed by atoms with Crippen molar-refractivity contribution < 1.29 is 14.3 Å². The number of nitrogens with one attached hydrogen (secondary N) is 1. The quantitative estimate of drug-likeness (QED) is 0.735. The molecule has 0 unspecified atom stereocenters. The number of benzene rings is 1. The van der Waals surface area contributed by atoms with Crippen LogP contribution in [-0.4, -0.2) is 35.1 Å². The molecule has 2 heterocycles. The Morgan fingerprint density at radius 3 is 2.58 bits per heavy atom. The molecule has 0 aliphatic heterocycles. The van der Waals surface area contributed by atoms with Crippen molar-refractivity contribution in [2.75, 3.05) is 14.2 Å². The van der Waals surface area contributed by atoms with E-state index < -0.39 is 0 Å². The molecule has 0 spiro atoms. The summed E-state index contributed by atoms with van der Waals surface area (Å²) in [4.78, 5) is 24.8. The highest BCUT2D eigenvalue weighted by Gasteiger charge is 2.13. The lowest BCUT2D eigenvalue weighted by molar-refractivity contribution is 0.0946. The van der Waals surface area contributed by atoms with E-state index in [9.17, 15) is 4.79 Å². The van der Waals surface area contributed by atoms with E-state index in [1.807, 2.05) is 30.3 Å². The molecule has 0 aliphatic carbocycles. The Morgan fingerprint density at radius 1 is 1.04 bits per heavy atom. The van der Waals surface area contributed by atoms with Gasteiger partial charge in [0.25, 0.3) is 5.91 Å². The van der Waals surface area contributed by atoms with Crippen molar-refractivity contribution in [3.63, 3.8) is 0 Å². The summed E-state index contributed by atoms with van der Waals surface area (Å²) in [5.74, 6) is 0.784. The van der Waals surface area contributed by atoms with Crippen LogP contribution in [0.5, 0.6) is 11.6 Å². The number of rotatable bonds is 6. The molecule has 3 rings (SSSR count). The van der Waals surface area contributed by atoms with Gasteiger partial charge in [0.05, 0.1) is 32.2 Å². The molecule has 0 fully saturated rings. The number of ether oxygens (including phenoxy) is 2. The SMILES string of the molecule is COc1ccc(-c2cc(CNC(=O)c3cccnc3OC)ncn2)cc1. The first-order valence-electron chi connectivity index (χ1n) is 7.94. The number of hydrogen-bond donors (Lipinski definition) is 1. The van der Waals surface area contributed by atoms with Crippen LogP contribution in [0.3, 0.4) is 0 Å². The molecule has 0 aliphatic rings. The fourth-order valence-corrected chi connectivity index (χ4v) is 2.41. The number of pyridine rings is 1. The molecule has 132 valence electrons. The van der Waals surface area contributed by atoms with E-state index in [1.54, 1.807) is 25.4 Å². The highest BCUT2D eigenvalue weighted by atomic mass is 16.5. The Kier molecular flexibility index (Phi) is 5.38. The molecule has 0 bridgehead atoms. The highest BCUT2D eigenvalue weighted by Crippen LogP contribution is 2.20. The smallest absolute Gasteiger partial charge is 0.257 e. The largest absolute Gasteiger partial charge is 0.497 e. The van der Waals surface area contributed by atoms with Crippen LogP contribution >= 0.6 is 0 Å². The lowest BCUT2D eigenvalue weighted by Gasteiger charge is -2.09. The van der Waals surface area contributed by atoms with Gasteiger partial charge in [-0.25, -0.2) is 15.0 Å². The Labute approximate surface area is 151 Å². The van der Waals surface area contributed by atoms with Gasteiger partial charge in [-0.3, -0.25) is 4.79 Å². The van der Waals surface area contributed by atoms with Gasteiger partial charge < -0.3 is 14.8 Å². The third-order valence-corrected chi connectivity index (χ3v) is 3.75. The summed E-state index contributed by atoms with van der Waals surface area (Å²) in [6.07, 6.45) is 3.05. The van der Waals surface area contributed by atoms with E-state index in [1.165, 1.54) is 13.4 Å². The Hall–Kier alpha value is -3.48. The molecule has 1 amide bonds. The summed E-state index contributed by atoms with van der Waals surface area (Å²) >= 11 is 0. The lowest BCUT2D eigenvalue weighted by atomic mass is 10.1. The van der Waals surface area contributed by atoms with Crippen molar-refractivity contribution in [1.29, 1.82) is 0 Å². The first kappa shape index (κ1) is 17.3. The predicted molar refractivity (Wildman–Crippen MR) is 96.0 cm³/mol. The second-order valence-electron chi connectivity index (χ2n) is 5.37. The third-order valence-electron chi connectivity index (χ3n) is 3.75. The van der Waals surface area contributed by atoms with E-state index in [0.717, 1.165) is 17.0 Å². The van der Waals surface area contributed by atoms with Crippen molar-refractivity contribution in [3.8, 4) is 22.9 Å². The first-order valence-corrected chi connectivity index (χ1v) is 7.94. The maximum atomic E-state index is 12.3. The number of hydrogen-bond acceptors (Lipinski definition) is 6. The number of carbonyl (C=O) groups is 1. The van der Waals surface area contributed by atoms with Gasteiger partial charge in [0, 0.05) is 11.8 Å². The normalized spacial score (nSPS) is 10.2. The Balaban J connectivity index is 1.71. The predicted octanol–water partition coefficient (Wildman–Crippen LogP) is 2.49. The molecule has 0 radical (unpaired) electrons. The number of carbonyl (C=O) groups excluding carboxylic acids is 1. The van der Waals surface area contributed by atoms with Crippen molar-refractivity contribution in [2.24, 2.45) is 0 Å². The Morgan fingerprint density at radius 2 is 1.85 bits per heavy atom. The molecule has 0 saturated heterocycles. The minimum absolute atomic E-state index is 0.266. The summed E-state index contributed by atoms with van der Waals surface area (Å²) < 4.78 is 10.3. The first-order chi connectivity index (χ1) is 12.7. The second-order valence-corrected chi connectivity index (χ2v) is 5.37. The van der Waals surface area contributed by atoms with E-state index in [0.29, 0.717) is 11.3 Å². The molecule has 26 heavy (non-hydrogen) atoms. The second kappa shape index (κ2) is 8.06. The van der Waals surface area contributed by atoms with Crippen LogP contribution < -0.4 is 14.8 Å². The van der Waals surface area contributed by atoms with Gasteiger partial charge in [-0.05, 0) is 42.5 Å². The van der Waals surface area contributed by atoms with E-state index in [4.69, 9.17) is 9.47 Å². The molecule has 3 aromatic rings. The summed E-state index contributed by atoms with van der Waals surface area (Å²) in [7, 11) is 3.10. The number of nitrogens with zero attached hydrogens (tertiary/aromatic N) is 3. The summed E-state index contributed by atoms with van der Waals surface area (Å²) in [6, 6.07) is 12.8. The van der Waals surface area contributed by atoms with Crippen molar-refractivity contribution in [3.05, 3.63) is 66.2 Å². The average molecular weight is 350 g/mol. The maximum absolute atomic E-state index is 12.3. The zero-order valence-electron chi connectivity index (χ0n) is 14.5. The number of aromatic nitrogens is 3. The topological polar surface area (TPSA) is 86.2 Å². The lowest BCUT2D eigenvalue weighted by Crippen LogP contribution is -2.24. The molecular weight excluding hydrogens is 332 g/mol. The number of amides is 1. The molecule has 7 nitrogen and oxygen atoms in total. The van der Waals surface area contributed by atoms with Gasteiger partial charge in [-0.2, -0.15) is 0 Å². The molecule has 0 saturated carbocycles. The Bertz CT molecular complexity index is 897. The van der Waals surface area contributed by atoms with Gasteiger partial charge in [-0.15, -0.1) is 0 Å². The summed E-state index contributed by atoms with van der Waals surface area (Å²) in [5, 5.41) is 2.82. The van der Waals surface area contributed by atoms with Gasteiger partial charge in [0.1, 0.15) is 17.6 Å². The fraction of sp³-hybridized carbons (Fsp3) is 0.158. The van der Waals surface area contributed by atoms with E-state index in [-0.39, 0.29) is 18.3 Å². The van der Waals surface area contributed by atoms with Crippen molar-refractivity contribution >= 4 is 5.91 Å². The van der Waals surface area contributed by atoms with Crippen LogP contribution in [0.2, 0.25) is 0 Å². The van der Waals surface area contributed by atoms with E-state index in [2.05, 4.69) is 20.3 Å². The van der Waals surface area contributed by atoms with E-state index >= 15 is 0 Å². The number of methoxy groups -OCH3 is 2. The van der Waals surface area contributed by atoms with Crippen LogP contribution in [0.15, 0.2) is 55.0 Å². The highest BCUT2D eigenvalue weighted by molar-refractivity contribution is 5.96. The summed E-state index contributed by atoms with van der Waals surface area (Å²) in [6.45, 7) is 0.266. The van der Waals surface area contributed by atoms with Crippen LogP contribution in [0.4, 0.5) is 0 Å². The third kappa shape index (κ3) is 3.94. The standard InChI is InChI=1S/C19H18N4O3/c1-25-15-7-5-13(6-8-15)17-10-14(22-12-23-17)11-21-18(24)16-4-3-9-20-19(16)26-2/h3-10,12H,11H2,1-2H3,(H,21,24). The average Bonchev–Trinajstić information content (AvgIpc) is 2.72. The zero-order chi connectivity index (χ0) is 18.4. The van der Waals surface area contributed by atoms with Gasteiger partial charge in [0.15, 0.2) is 0 Å². The molecule has 1 N–H and O–H groups in total. The zero-order valence-corrected chi connectivity index (χ0v) is 14.5. The van der Waals surface area contributed by atoms with Crippen molar-refractivity contribution in [2.45, 2.75) is 6.54 Å². The molecule has 2 aromatic heterocycles.